The molecule has 1 aliphatic heterocycles. The molecule has 1 fully saturated rings. The van der Waals surface area contributed by atoms with Crippen LogP contribution in [0, 0.1) is 0 Å². The monoisotopic (exact) mass is 312 g/mol. The Kier molecular flexibility index (Phi) is 4.91. The summed E-state index contributed by atoms with van der Waals surface area (Å²) in [5.41, 5.74) is 6.39. The quantitative estimate of drug-likeness (QED) is 0.924. The molecule has 1 heterocycles. The summed E-state index contributed by atoms with van der Waals surface area (Å²) < 4.78 is 32.7. The lowest BCUT2D eigenvalue weighted by molar-refractivity contribution is 0.204. The molecule has 21 heavy (non-hydrogen) atoms. The molecule has 0 bridgehead atoms. The highest BCUT2D eigenvalue weighted by molar-refractivity contribution is 7.89. The SMILES string of the molecule is COc1ccc(S(=O)(=O)N2C(C)CCCC2C)cc1CN. The first-order valence-electron chi connectivity index (χ1n) is 7.32. The zero-order valence-electron chi connectivity index (χ0n) is 12.9. The van der Waals surface area contributed by atoms with E-state index in [4.69, 9.17) is 10.5 Å². The maximum absolute atomic E-state index is 12.9. The number of benzene rings is 1. The highest BCUT2D eigenvalue weighted by atomic mass is 32.2. The fourth-order valence-electron chi connectivity index (χ4n) is 3.07. The largest absolute Gasteiger partial charge is 0.496 e. The first kappa shape index (κ1) is 16.3. The van der Waals surface area contributed by atoms with Crippen LogP contribution in [-0.4, -0.2) is 31.9 Å². The summed E-state index contributed by atoms with van der Waals surface area (Å²) in [4.78, 5) is 0.296. The van der Waals surface area contributed by atoms with Gasteiger partial charge in [0.15, 0.2) is 0 Å². The fraction of sp³-hybridized carbons (Fsp3) is 0.600. The van der Waals surface area contributed by atoms with Gasteiger partial charge in [0.1, 0.15) is 5.75 Å². The third-order valence-corrected chi connectivity index (χ3v) is 6.28. The minimum atomic E-state index is -3.50. The number of nitrogens with two attached hydrogens (primary N) is 1. The molecular weight excluding hydrogens is 288 g/mol. The molecule has 0 aliphatic carbocycles. The summed E-state index contributed by atoms with van der Waals surface area (Å²) in [6, 6.07) is 4.96. The first-order valence-corrected chi connectivity index (χ1v) is 8.76. The minimum Gasteiger partial charge on any atom is -0.496 e. The van der Waals surface area contributed by atoms with Crippen molar-refractivity contribution in [3.8, 4) is 5.75 Å². The van der Waals surface area contributed by atoms with Crippen molar-refractivity contribution in [2.45, 2.75) is 56.6 Å². The number of hydrogen-bond acceptors (Lipinski definition) is 4. The van der Waals surface area contributed by atoms with E-state index in [2.05, 4.69) is 0 Å². The lowest BCUT2D eigenvalue weighted by Gasteiger charge is -2.37. The van der Waals surface area contributed by atoms with E-state index < -0.39 is 10.0 Å². The van der Waals surface area contributed by atoms with E-state index in [0.29, 0.717) is 16.2 Å². The van der Waals surface area contributed by atoms with E-state index >= 15 is 0 Å². The Morgan fingerprint density at radius 2 is 1.90 bits per heavy atom. The molecule has 1 aliphatic rings. The van der Waals surface area contributed by atoms with Gasteiger partial charge >= 0.3 is 0 Å². The number of methoxy groups -OCH3 is 1. The standard InChI is InChI=1S/C15H24N2O3S/c1-11-5-4-6-12(2)17(11)21(18,19)14-7-8-15(20-3)13(9-14)10-16/h7-9,11-12H,4-6,10,16H2,1-3H3. The maximum atomic E-state index is 12.9. The van der Waals surface area contributed by atoms with Gasteiger partial charge in [0.05, 0.1) is 12.0 Å². The van der Waals surface area contributed by atoms with E-state index in [1.165, 1.54) is 0 Å². The van der Waals surface area contributed by atoms with Gasteiger partial charge in [-0.15, -0.1) is 0 Å². The number of rotatable bonds is 4. The van der Waals surface area contributed by atoms with E-state index in [0.717, 1.165) is 19.3 Å². The maximum Gasteiger partial charge on any atom is 0.243 e. The first-order chi connectivity index (χ1) is 9.91. The van der Waals surface area contributed by atoms with Crippen molar-refractivity contribution in [1.82, 2.24) is 4.31 Å². The van der Waals surface area contributed by atoms with Crippen LogP contribution in [0.5, 0.6) is 5.75 Å². The number of hydrogen-bond donors (Lipinski definition) is 1. The van der Waals surface area contributed by atoms with Crippen molar-refractivity contribution in [1.29, 1.82) is 0 Å². The molecule has 0 saturated carbocycles. The molecule has 0 radical (unpaired) electrons. The second-order valence-corrected chi connectivity index (χ2v) is 7.48. The Morgan fingerprint density at radius 3 is 2.43 bits per heavy atom. The van der Waals surface area contributed by atoms with Crippen LogP contribution >= 0.6 is 0 Å². The minimum absolute atomic E-state index is 0.0298. The van der Waals surface area contributed by atoms with Crippen molar-refractivity contribution in [3.05, 3.63) is 23.8 Å². The Balaban J connectivity index is 2.43. The van der Waals surface area contributed by atoms with E-state index in [1.54, 1.807) is 29.6 Å². The van der Waals surface area contributed by atoms with Crippen molar-refractivity contribution >= 4 is 10.0 Å². The van der Waals surface area contributed by atoms with Gasteiger partial charge in [-0.2, -0.15) is 4.31 Å². The van der Waals surface area contributed by atoms with Crippen LogP contribution in [0.2, 0.25) is 0 Å². The van der Waals surface area contributed by atoms with Crippen LogP contribution in [-0.2, 0) is 16.6 Å². The van der Waals surface area contributed by atoms with Crippen molar-refractivity contribution in [3.63, 3.8) is 0 Å². The molecule has 118 valence electrons. The molecule has 2 N–H and O–H groups in total. The average Bonchev–Trinajstić information content (AvgIpc) is 2.46. The molecule has 1 aromatic rings. The predicted octanol–water partition coefficient (Wildman–Crippen LogP) is 2.11. The van der Waals surface area contributed by atoms with Gasteiger partial charge in [-0.1, -0.05) is 6.42 Å². The molecule has 6 heteroatoms. The zero-order chi connectivity index (χ0) is 15.6. The molecular formula is C15H24N2O3S. The van der Waals surface area contributed by atoms with Gasteiger partial charge in [-0.05, 0) is 44.9 Å². The predicted molar refractivity (Wildman–Crippen MR) is 82.7 cm³/mol. The summed E-state index contributed by atoms with van der Waals surface area (Å²) >= 11 is 0. The highest BCUT2D eigenvalue weighted by Gasteiger charge is 2.35. The fourth-order valence-corrected chi connectivity index (χ4v) is 5.00. The molecule has 0 amide bonds. The molecule has 2 unspecified atom stereocenters. The Bertz CT molecular complexity index is 591. The summed E-state index contributed by atoms with van der Waals surface area (Å²) in [7, 11) is -1.94. The average molecular weight is 312 g/mol. The third kappa shape index (κ3) is 3.07. The van der Waals surface area contributed by atoms with E-state index in [-0.39, 0.29) is 18.6 Å². The van der Waals surface area contributed by atoms with Crippen molar-refractivity contribution in [2.75, 3.05) is 7.11 Å². The number of sulfonamides is 1. The van der Waals surface area contributed by atoms with Crippen molar-refractivity contribution < 1.29 is 13.2 Å². The number of piperidine rings is 1. The summed E-state index contributed by atoms with van der Waals surface area (Å²) in [6.45, 7) is 4.19. The second-order valence-electron chi connectivity index (χ2n) is 5.64. The summed E-state index contributed by atoms with van der Waals surface area (Å²) in [5.74, 6) is 0.621. The van der Waals surface area contributed by atoms with E-state index in [9.17, 15) is 8.42 Å². The van der Waals surface area contributed by atoms with Crippen LogP contribution in [0.25, 0.3) is 0 Å². The molecule has 0 spiro atoms. The topological polar surface area (TPSA) is 72.6 Å². The van der Waals surface area contributed by atoms with Crippen LogP contribution in [0.15, 0.2) is 23.1 Å². The molecule has 2 atom stereocenters. The Labute approximate surface area is 127 Å². The molecule has 2 rings (SSSR count). The van der Waals surface area contributed by atoms with Gasteiger partial charge in [0, 0.05) is 24.2 Å². The Morgan fingerprint density at radius 1 is 1.29 bits per heavy atom. The third-order valence-electron chi connectivity index (χ3n) is 4.16. The molecule has 1 aromatic carbocycles. The lowest BCUT2D eigenvalue weighted by Crippen LogP contribution is -2.47. The zero-order valence-corrected chi connectivity index (χ0v) is 13.7. The number of ether oxygens (including phenoxy) is 1. The highest BCUT2D eigenvalue weighted by Crippen LogP contribution is 2.31. The Hall–Kier alpha value is -1.11. The summed E-state index contributed by atoms with van der Waals surface area (Å²) in [6.07, 6.45) is 2.89. The van der Waals surface area contributed by atoms with Gasteiger partial charge in [0.2, 0.25) is 10.0 Å². The van der Waals surface area contributed by atoms with Crippen LogP contribution in [0.1, 0.15) is 38.7 Å². The van der Waals surface area contributed by atoms with Gasteiger partial charge in [0.25, 0.3) is 0 Å². The molecule has 0 aromatic heterocycles. The van der Waals surface area contributed by atoms with Crippen LogP contribution in [0.3, 0.4) is 0 Å². The summed E-state index contributed by atoms with van der Waals surface area (Å²) in [5, 5.41) is 0. The lowest BCUT2D eigenvalue weighted by atomic mass is 10.0. The van der Waals surface area contributed by atoms with Crippen LogP contribution < -0.4 is 10.5 Å². The number of nitrogens with zero attached hydrogens (tertiary/aromatic N) is 1. The second kappa shape index (κ2) is 6.34. The smallest absolute Gasteiger partial charge is 0.243 e. The van der Waals surface area contributed by atoms with E-state index in [1.807, 2.05) is 13.8 Å². The van der Waals surface area contributed by atoms with Gasteiger partial charge < -0.3 is 10.5 Å². The normalized spacial score (nSPS) is 24.0. The van der Waals surface area contributed by atoms with Crippen LogP contribution in [0.4, 0.5) is 0 Å². The molecule has 1 saturated heterocycles. The van der Waals surface area contributed by atoms with Crippen molar-refractivity contribution in [2.24, 2.45) is 5.73 Å². The molecule has 5 nitrogen and oxygen atoms in total. The van der Waals surface area contributed by atoms with Gasteiger partial charge in [-0.3, -0.25) is 0 Å². The van der Waals surface area contributed by atoms with Gasteiger partial charge in [-0.25, -0.2) is 8.42 Å².